The number of sulfonamides is 1. The molecular weight excluding hydrogens is 291 g/mol. The fourth-order valence-electron chi connectivity index (χ4n) is 2.60. The third-order valence-corrected chi connectivity index (χ3v) is 5.91. The molecule has 118 valence electrons. The maximum Gasteiger partial charge on any atom is 0.213 e. The zero-order valence-corrected chi connectivity index (χ0v) is 13.4. The Morgan fingerprint density at radius 3 is 2.57 bits per heavy atom. The molecule has 0 aliphatic carbocycles. The van der Waals surface area contributed by atoms with Gasteiger partial charge in [0.2, 0.25) is 10.0 Å². The molecule has 6 heteroatoms. The average molecular weight is 314 g/mol. The summed E-state index contributed by atoms with van der Waals surface area (Å²) in [5.74, 6) is -0.0169. The van der Waals surface area contributed by atoms with E-state index < -0.39 is 10.0 Å². The summed E-state index contributed by atoms with van der Waals surface area (Å²) in [6.07, 6.45) is 1.64. The molecule has 1 heterocycles. The van der Waals surface area contributed by atoms with Gasteiger partial charge in [0.15, 0.2) is 0 Å². The van der Waals surface area contributed by atoms with Crippen LogP contribution in [0, 0.1) is 12.7 Å². The Hall–Kier alpha value is -0.980. The van der Waals surface area contributed by atoms with Gasteiger partial charge in [-0.25, -0.2) is 17.1 Å². The minimum atomic E-state index is -3.06. The highest BCUT2D eigenvalue weighted by molar-refractivity contribution is 7.89. The highest BCUT2D eigenvalue weighted by atomic mass is 32.2. The molecule has 0 amide bonds. The second kappa shape index (κ2) is 6.85. The predicted octanol–water partition coefficient (Wildman–Crippen LogP) is 2.04. The number of benzene rings is 1. The molecule has 1 aromatic rings. The second-order valence-corrected chi connectivity index (χ2v) is 7.80. The number of nitrogens with one attached hydrogen (secondary N) is 1. The van der Waals surface area contributed by atoms with Crippen molar-refractivity contribution in [2.45, 2.75) is 39.3 Å². The van der Waals surface area contributed by atoms with E-state index in [2.05, 4.69) is 5.32 Å². The van der Waals surface area contributed by atoms with Crippen molar-refractivity contribution in [3.05, 3.63) is 35.1 Å². The topological polar surface area (TPSA) is 49.4 Å². The molecule has 0 radical (unpaired) electrons. The molecule has 4 nitrogen and oxygen atoms in total. The first-order valence-corrected chi connectivity index (χ1v) is 8.99. The first-order valence-electron chi connectivity index (χ1n) is 7.38. The van der Waals surface area contributed by atoms with Crippen molar-refractivity contribution in [1.82, 2.24) is 9.62 Å². The van der Waals surface area contributed by atoms with Gasteiger partial charge in [-0.15, -0.1) is 0 Å². The first kappa shape index (κ1) is 16.4. The smallest absolute Gasteiger partial charge is 0.213 e. The summed E-state index contributed by atoms with van der Waals surface area (Å²) < 4.78 is 38.3. The number of aryl methyl sites for hydroxylation is 1. The Bertz CT molecular complexity index is 581. The fourth-order valence-corrected chi connectivity index (χ4v) is 3.73. The maximum atomic E-state index is 13.2. The van der Waals surface area contributed by atoms with Gasteiger partial charge in [0, 0.05) is 25.7 Å². The summed E-state index contributed by atoms with van der Waals surface area (Å²) >= 11 is 0. The van der Waals surface area contributed by atoms with Crippen LogP contribution in [0.25, 0.3) is 0 Å². The van der Waals surface area contributed by atoms with Crippen LogP contribution in [0.2, 0.25) is 0 Å². The molecule has 1 N–H and O–H groups in total. The van der Waals surface area contributed by atoms with Crippen molar-refractivity contribution in [1.29, 1.82) is 0 Å². The van der Waals surface area contributed by atoms with Crippen LogP contribution < -0.4 is 5.32 Å². The van der Waals surface area contributed by atoms with Gasteiger partial charge in [0.25, 0.3) is 0 Å². The molecule has 21 heavy (non-hydrogen) atoms. The lowest BCUT2D eigenvalue weighted by Crippen LogP contribution is -2.45. The van der Waals surface area contributed by atoms with E-state index >= 15 is 0 Å². The van der Waals surface area contributed by atoms with Crippen molar-refractivity contribution in [2.75, 3.05) is 18.8 Å². The third kappa shape index (κ3) is 4.25. The van der Waals surface area contributed by atoms with E-state index in [1.54, 1.807) is 24.2 Å². The Morgan fingerprint density at radius 2 is 2.00 bits per heavy atom. The van der Waals surface area contributed by atoms with Gasteiger partial charge in [-0.3, -0.25) is 0 Å². The standard InChI is InChI=1S/C15H23FN2O2S/c1-3-21(19,20)18-8-6-14(7-9-18)17-11-13-4-5-15(16)12(2)10-13/h4-5,10,14,17H,3,6-9,11H2,1-2H3. The number of piperidine rings is 1. The van der Waals surface area contributed by atoms with Crippen molar-refractivity contribution < 1.29 is 12.8 Å². The molecule has 1 fully saturated rings. The SMILES string of the molecule is CCS(=O)(=O)N1CCC(NCc2ccc(F)c(C)c2)CC1. The number of hydrogen-bond donors (Lipinski definition) is 1. The number of halogens is 1. The van der Waals surface area contributed by atoms with E-state index in [0.29, 0.717) is 31.2 Å². The highest BCUT2D eigenvalue weighted by Crippen LogP contribution is 2.15. The molecule has 0 bridgehead atoms. The van der Waals surface area contributed by atoms with Crippen molar-refractivity contribution in [3.8, 4) is 0 Å². The quantitative estimate of drug-likeness (QED) is 0.905. The lowest BCUT2D eigenvalue weighted by atomic mass is 10.1. The molecule has 0 unspecified atom stereocenters. The summed E-state index contributed by atoms with van der Waals surface area (Å²) in [7, 11) is -3.06. The zero-order valence-electron chi connectivity index (χ0n) is 12.6. The molecule has 1 aliphatic rings. The molecule has 0 spiro atoms. The Labute approximate surface area is 126 Å². The second-order valence-electron chi connectivity index (χ2n) is 5.54. The van der Waals surface area contributed by atoms with Crippen molar-refractivity contribution >= 4 is 10.0 Å². The number of nitrogens with zero attached hydrogens (tertiary/aromatic N) is 1. The monoisotopic (exact) mass is 314 g/mol. The largest absolute Gasteiger partial charge is 0.310 e. The van der Waals surface area contributed by atoms with Gasteiger partial charge in [-0.05, 0) is 43.9 Å². The molecule has 1 saturated heterocycles. The predicted molar refractivity (Wildman–Crippen MR) is 82.0 cm³/mol. The molecule has 1 aliphatic heterocycles. The number of hydrogen-bond acceptors (Lipinski definition) is 3. The van der Waals surface area contributed by atoms with Crippen molar-refractivity contribution in [2.24, 2.45) is 0 Å². The summed E-state index contributed by atoms with van der Waals surface area (Å²) in [6, 6.07) is 5.44. The van der Waals surface area contributed by atoms with E-state index in [-0.39, 0.29) is 11.6 Å². The Morgan fingerprint density at radius 1 is 1.33 bits per heavy atom. The van der Waals surface area contributed by atoms with Gasteiger partial charge in [0.05, 0.1) is 5.75 Å². The highest BCUT2D eigenvalue weighted by Gasteiger charge is 2.26. The zero-order chi connectivity index (χ0) is 15.5. The van der Waals surface area contributed by atoms with Crippen LogP contribution in [-0.2, 0) is 16.6 Å². The minimum absolute atomic E-state index is 0.167. The normalized spacial score (nSPS) is 18.0. The van der Waals surface area contributed by atoms with Crippen molar-refractivity contribution in [3.63, 3.8) is 0 Å². The average Bonchev–Trinajstić information content (AvgIpc) is 2.49. The van der Waals surface area contributed by atoms with E-state index in [9.17, 15) is 12.8 Å². The Kier molecular flexibility index (Phi) is 5.35. The number of rotatable bonds is 5. The van der Waals surface area contributed by atoms with Gasteiger partial charge in [-0.1, -0.05) is 12.1 Å². The van der Waals surface area contributed by atoms with Crippen LogP contribution in [0.15, 0.2) is 18.2 Å². The van der Waals surface area contributed by atoms with Gasteiger partial charge in [0.1, 0.15) is 5.82 Å². The van der Waals surface area contributed by atoms with E-state index in [1.807, 2.05) is 6.07 Å². The minimum Gasteiger partial charge on any atom is -0.310 e. The summed E-state index contributed by atoms with van der Waals surface area (Å²) in [5, 5.41) is 3.43. The molecule has 2 rings (SSSR count). The molecule has 0 atom stereocenters. The van der Waals surface area contributed by atoms with Gasteiger partial charge < -0.3 is 5.32 Å². The summed E-state index contributed by atoms with van der Waals surface area (Å²) in [5.41, 5.74) is 1.70. The molecule has 0 aromatic heterocycles. The summed E-state index contributed by atoms with van der Waals surface area (Å²) in [6.45, 7) is 5.28. The van der Waals surface area contributed by atoms with Crippen LogP contribution in [0.3, 0.4) is 0 Å². The first-order chi connectivity index (χ1) is 9.92. The lowest BCUT2D eigenvalue weighted by Gasteiger charge is -2.31. The van der Waals surface area contributed by atoms with Gasteiger partial charge >= 0.3 is 0 Å². The van der Waals surface area contributed by atoms with Crippen LogP contribution in [-0.4, -0.2) is 37.6 Å². The van der Waals surface area contributed by atoms with Crippen LogP contribution in [0.4, 0.5) is 4.39 Å². The molecule has 1 aromatic carbocycles. The fraction of sp³-hybridized carbons (Fsp3) is 0.600. The molecule has 0 saturated carbocycles. The van der Waals surface area contributed by atoms with E-state index in [1.165, 1.54) is 6.07 Å². The van der Waals surface area contributed by atoms with Gasteiger partial charge in [-0.2, -0.15) is 0 Å². The summed E-state index contributed by atoms with van der Waals surface area (Å²) in [4.78, 5) is 0. The van der Waals surface area contributed by atoms with Crippen LogP contribution in [0.5, 0.6) is 0 Å². The van der Waals surface area contributed by atoms with Crippen LogP contribution >= 0.6 is 0 Å². The van der Waals surface area contributed by atoms with Crippen LogP contribution in [0.1, 0.15) is 30.9 Å². The maximum absolute atomic E-state index is 13.2. The lowest BCUT2D eigenvalue weighted by molar-refractivity contribution is 0.289. The third-order valence-electron chi connectivity index (χ3n) is 4.03. The Balaban J connectivity index is 1.82. The van der Waals surface area contributed by atoms with E-state index in [0.717, 1.165) is 18.4 Å². The molecular formula is C15H23FN2O2S. The van der Waals surface area contributed by atoms with E-state index in [4.69, 9.17) is 0 Å².